The molecule has 0 amide bonds. The van der Waals surface area contributed by atoms with Gasteiger partial charge in [-0.1, -0.05) is 84.4 Å². The summed E-state index contributed by atoms with van der Waals surface area (Å²) in [6.07, 6.45) is 0.0853. The fourth-order valence-corrected chi connectivity index (χ4v) is 3.99. The van der Waals surface area contributed by atoms with Crippen LogP contribution in [-0.4, -0.2) is 16.7 Å². The van der Waals surface area contributed by atoms with Crippen molar-refractivity contribution < 1.29 is 0 Å². The van der Waals surface area contributed by atoms with Crippen LogP contribution in [0, 0.1) is 0 Å². The second kappa shape index (κ2) is 5.83. The van der Waals surface area contributed by atoms with Crippen LogP contribution >= 0.6 is 11.6 Å². The van der Waals surface area contributed by atoms with Crippen LogP contribution in [-0.2, 0) is 0 Å². The largest absolute Gasteiger partial charge is 0.263 e. The van der Waals surface area contributed by atoms with Crippen molar-refractivity contribution in [3.05, 3.63) is 107 Å². The average Bonchev–Trinajstić information content (AvgIpc) is 3.28. The van der Waals surface area contributed by atoms with Gasteiger partial charge in [0.25, 0.3) is 0 Å². The lowest BCUT2D eigenvalue weighted by atomic mass is 10.0. The Morgan fingerprint density at radius 3 is 1.92 bits per heavy atom. The number of benzene rings is 3. The van der Waals surface area contributed by atoms with Gasteiger partial charge in [-0.15, -0.1) is 0 Å². The highest BCUT2D eigenvalue weighted by atomic mass is 35.5. The molecule has 1 saturated heterocycles. The summed E-state index contributed by atoms with van der Waals surface area (Å²) in [6.45, 7) is 0. The van der Waals surface area contributed by atoms with Crippen molar-refractivity contribution in [1.82, 2.24) is 4.90 Å². The molecule has 0 aromatic heterocycles. The zero-order chi connectivity index (χ0) is 16.8. The van der Waals surface area contributed by atoms with E-state index in [9.17, 15) is 0 Å². The molecule has 1 unspecified atom stereocenters. The van der Waals surface area contributed by atoms with Gasteiger partial charge in [-0.25, -0.2) is 0 Å². The Bertz CT molecular complexity index is 919. The summed E-state index contributed by atoms with van der Waals surface area (Å²) in [4.78, 5) is 7.56. The summed E-state index contributed by atoms with van der Waals surface area (Å²) in [5.74, 6) is 0. The lowest BCUT2D eigenvalue weighted by Crippen LogP contribution is -2.08. The van der Waals surface area contributed by atoms with E-state index in [-0.39, 0.29) is 6.17 Å². The Kier molecular flexibility index (Phi) is 3.47. The number of rotatable bonds is 3. The number of hydrogen-bond donors (Lipinski definition) is 0. The minimum atomic E-state index is 0.0853. The maximum Gasteiger partial charge on any atom is 0.129 e. The second-order valence-electron chi connectivity index (χ2n) is 6.55. The molecule has 3 aromatic carbocycles. The molecule has 2 heterocycles. The fraction of sp³-hybridized carbons (Fsp3) is 0.136. The molecule has 0 spiro atoms. The summed E-state index contributed by atoms with van der Waals surface area (Å²) in [5, 5.41) is 0.759. The molecule has 0 N–H and O–H groups in total. The molecule has 2 nitrogen and oxygen atoms in total. The van der Waals surface area contributed by atoms with Crippen LogP contribution in [0.2, 0.25) is 5.02 Å². The second-order valence-corrected chi connectivity index (χ2v) is 6.99. The van der Waals surface area contributed by atoms with Gasteiger partial charge in [0, 0.05) is 5.02 Å². The third-order valence-corrected chi connectivity index (χ3v) is 5.31. The molecule has 0 radical (unpaired) electrons. The molecule has 0 bridgehead atoms. The third kappa shape index (κ3) is 2.50. The Balaban J connectivity index is 1.57. The topological polar surface area (TPSA) is 15.4 Å². The van der Waals surface area contributed by atoms with E-state index in [1.54, 1.807) is 0 Å². The molecule has 0 aliphatic carbocycles. The summed E-state index contributed by atoms with van der Waals surface area (Å²) in [7, 11) is 0. The van der Waals surface area contributed by atoms with Gasteiger partial charge in [0.2, 0.25) is 0 Å². The van der Waals surface area contributed by atoms with Crippen LogP contribution in [0.4, 0.5) is 0 Å². The van der Waals surface area contributed by atoms with Gasteiger partial charge in [0.05, 0.1) is 17.8 Å². The van der Waals surface area contributed by atoms with Crippen molar-refractivity contribution in [1.29, 1.82) is 0 Å². The van der Waals surface area contributed by atoms with E-state index in [1.165, 1.54) is 16.8 Å². The Morgan fingerprint density at radius 2 is 1.28 bits per heavy atom. The van der Waals surface area contributed by atoms with Gasteiger partial charge in [0.15, 0.2) is 0 Å². The Hall–Kier alpha value is -2.42. The third-order valence-electron chi connectivity index (χ3n) is 5.05. The molecule has 3 aromatic rings. The summed E-state index contributed by atoms with van der Waals surface area (Å²) < 4.78 is 0. The first-order valence-electron chi connectivity index (χ1n) is 8.54. The molecule has 5 rings (SSSR count). The first-order valence-corrected chi connectivity index (χ1v) is 8.92. The molecule has 4 atom stereocenters. The maximum absolute atomic E-state index is 6.06. The molecule has 1 fully saturated rings. The SMILES string of the molecule is Clc1ccc(C2=N[C@@H](c3ccccc3)N3[C@H]2[C@H]3c2ccccc2)cc1. The molecule has 122 valence electrons. The van der Waals surface area contributed by atoms with Gasteiger partial charge < -0.3 is 0 Å². The molecular formula is C22H17ClN2. The van der Waals surface area contributed by atoms with Gasteiger partial charge in [0.1, 0.15) is 6.17 Å². The molecule has 3 heteroatoms. The first-order chi connectivity index (χ1) is 12.3. The first kappa shape index (κ1) is 14.9. The number of aliphatic imine (C=N–C) groups is 1. The lowest BCUT2D eigenvalue weighted by Gasteiger charge is -2.14. The van der Waals surface area contributed by atoms with Crippen molar-refractivity contribution in [2.45, 2.75) is 18.2 Å². The van der Waals surface area contributed by atoms with Gasteiger partial charge in [-0.3, -0.25) is 9.89 Å². The quantitative estimate of drug-likeness (QED) is 0.591. The monoisotopic (exact) mass is 344 g/mol. The van der Waals surface area contributed by atoms with Gasteiger partial charge in [-0.2, -0.15) is 0 Å². The summed E-state index contributed by atoms with van der Waals surface area (Å²) in [5.41, 5.74) is 4.93. The van der Waals surface area contributed by atoms with E-state index >= 15 is 0 Å². The van der Waals surface area contributed by atoms with E-state index in [0.29, 0.717) is 12.1 Å². The van der Waals surface area contributed by atoms with Gasteiger partial charge in [-0.05, 0) is 28.8 Å². The Morgan fingerprint density at radius 1 is 0.680 bits per heavy atom. The smallest absolute Gasteiger partial charge is 0.129 e. The van der Waals surface area contributed by atoms with E-state index in [2.05, 4.69) is 77.7 Å². The normalized spacial score (nSPS) is 26.8. The highest BCUT2D eigenvalue weighted by Gasteiger charge is 2.59. The van der Waals surface area contributed by atoms with Crippen molar-refractivity contribution in [2.24, 2.45) is 4.99 Å². The predicted molar refractivity (Wildman–Crippen MR) is 102 cm³/mol. The van der Waals surface area contributed by atoms with Gasteiger partial charge >= 0.3 is 0 Å². The summed E-state index contributed by atoms with van der Waals surface area (Å²) >= 11 is 6.06. The van der Waals surface area contributed by atoms with E-state index < -0.39 is 0 Å². The van der Waals surface area contributed by atoms with Crippen molar-refractivity contribution in [3.8, 4) is 0 Å². The van der Waals surface area contributed by atoms with Crippen molar-refractivity contribution in [2.75, 3.05) is 0 Å². The van der Waals surface area contributed by atoms with E-state index in [4.69, 9.17) is 16.6 Å². The molecule has 25 heavy (non-hydrogen) atoms. The Labute approximate surface area is 152 Å². The molecular weight excluding hydrogens is 328 g/mol. The van der Waals surface area contributed by atoms with Crippen molar-refractivity contribution >= 4 is 17.3 Å². The van der Waals surface area contributed by atoms with E-state index in [1.807, 2.05) is 12.1 Å². The predicted octanol–water partition coefficient (Wildman–Crippen LogP) is 5.27. The summed E-state index contributed by atoms with van der Waals surface area (Å²) in [6, 6.07) is 30.0. The lowest BCUT2D eigenvalue weighted by molar-refractivity contribution is 0.404. The average molecular weight is 345 g/mol. The number of hydrogen-bond acceptors (Lipinski definition) is 2. The number of nitrogens with zero attached hydrogens (tertiary/aromatic N) is 2. The maximum atomic E-state index is 6.06. The van der Waals surface area contributed by atoms with Crippen LogP contribution < -0.4 is 0 Å². The zero-order valence-electron chi connectivity index (χ0n) is 13.6. The van der Waals surface area contributed by atoms with Crippen LogP contribution in [0.1, 0.15) is 28.9 Å². The van der Waals surface area contributed by atoms with E-state index in [0.717, 1.165) is 10.6 Å². The highest BCUT2D eigenvalue weighted by molar-refractivity contribution is 6.30. The standard InChI is InChI=1S/C22H17ClN2/c23-18-13-11-15(12-14-18)19-21-20(16-7-3-1-4-8-16)25(21)22(24-19)17-9-5-2-6-10-17/h1-14,20-22H/t20-,21-,22-,25?/m1/s1. The van der Waals surface area contributed by atoms with Crippen LogP contribution in [0.5, 0.6) is 0 Å². The molecule has 0 saturated carbocycles. The minimum absolute atomic E-state index is 0.0853. The fourth-order valence-electron chi connectivity index (χ4n) is 3.86. The zero-order valence-corrected chi connectivity index (χ0v) is 14.3. The van der Waals surface area contributed by atoms with Crippen LogP contribution in [0.15, 0.2) is 89.9 Å². The van der Waals surface area contributed by atoms with Crippen molar-refractivity contribution in [3.63, 3.8) is 0 Å². The number of halogens is 1. The molecule has 2 aliphatic heterocycles. The van der Waals surface area contributed by atoms with Crippen LogP contribution in [0.3, 0.4) is 0 Å². The molecule has 2 aliphatic rings. The van der Waals surface area contributed by atoms with Crippen LogP contribution in [0.25, 0.3) is 0 Å². The number of fused-ring (bicyclic) bond motifs is 1. The minimum Gasteiger partial charge on any atom is -0.263 e. The highest BCUT2D eigenvalue weighted by Crippen LogP contribution is 2.55.